The number of aliphatic hydroxyl groups excluding tert-OH is 1. The third-order valence-electron chi connectivity index (χ3n) is 12.8. The molecular weight excluding hydrogens is 789 g/mol. The van der Waals surface area contributed by atoms with E-state index in [1.165, 1.54) is 12.5 Å². The van der Waals surface area contributed by atoms with Gasteiger partial charge in [-0.1, -0.05) is 99.2 Å². The summed E-state index contributed by atoms with van der Waals surface area (Å²) in [4.78, 5) is 52.9. The van der Waals surface area contributed by atoms with Crippen LogP contribution in [0.3, 0.4) is 0 Å². The SMILES string of the molecule is CC(=N)OC(=N)c1ccc(C2C3=C(CCCC3=O)NC3=C2C(=O)C2=C3C(C)(C)CC=C2)cc1.CCCO.Cc1ccc(C2C3=C(CCCC3=O)NC3=C2C(=O)c2ccccc23)cc1. The number of aryl methyl sites for hydroxylation is 1. The molecule has 2 heterocycles. The molecule has 0 radical (unpaired) electrons. The number of allylic oxidation sites excluding steroid dienone is 10. The predicted molar refractivity (Wildman–Crippen MR) is 244 cm³/mol. The number of Topliss-reactive ketones (excluding diaryl/α,β-unsaturated/α-hetero) is 4. The van der Waals surface area contributed by atoms with Crippen LogP contribution in [0.1, 0.15) is 129 Å². The minimum Gasteiger partial charge on any atom is -0.426 e. The molecule has 5 aliphatic carbocycles. The van der Waals surface area contributed by atoms with Crippen molar-refractivity contribution in [3.05, 3.63) is 169 Å². The topological polar surface area (TPSA) is 170 Å². The van der Waals surface area contributed by atoms with E-state index >= 15 is 0 Å². The van der Waals surface area contributed by atoms with Gasteiger partial charge in [-0.15, -0.1) is 0 Å². The number of hydrogen-bond acceptors (Lipinski definition) is 10. The van der Waals surface area contributed by atoms with Crippen LogP contribution in [0.4, 0.5) is 0 Å². The molecule has 2 unspecified atom stereocenters. The summed E-state index contributed by atoms with van der Waals surface area (Å²) in [6.07, 6.45) is 10.1. The highest BCUT2D eigenvalue weighted by Crippen LogP contribution is 2.54. The second-order valence-electron chi connectivity index (χ2n) is 17.8. The standard InChI is InChI=1S/C27H27N3O3.C23H19NO2.C3H8O/c1-14(28)33-26(29)16-11-9-15(10-12-16)20-21-18(7-4-8-19(21)31)30-24-22(20)25(32)17-6-5-13-27(2,3)23(17)24;1-13-9-11-14(12-10-13)19-20-17(7-4-8-18(20)25)24-22-15-5-2-3-6-16(15)23(26)21(19)22;1-2-3-4/h5-6,9-12,20,28-30H,4,7-8,13H2,1-3H3;2-3,5-6,9-12,19,24H,4,7-8H2,1H3;4H,2-3H2,1H3. The molecule has 0 spiro atoms. The largest absolute Gasteiger partial charge is 0.426 e. The van der Waals surface area contributed by atoms with Gasteiger partial charge in [0.15, 0.2) is 29.0 Å². The molecule has 3 aromatic rings. The summed E-state index contributed by atoms with van der Waals surface area (Å²) in [5.41, 5.74) is 13.4. The second kappa shape index (κ2) is 17.3. The Morgan fingerprint density at radius 3 is 1.81 bits per heavy atom. The van der Waals surface area contributed by atoms with E-state index in [4.69, 9.17) is 20.7 Å². The summed E-state index contributed by atoms with van der Waals surface area (Å²) >= 11 is 0. The molecule has 0 saturated carbocycles. The highest BCUT2D eigenvalue weighted by atomic mass is 16.5. The van der Waals surface area contributed by atoms with Crippen molar-refractivity contribution in [1.29, 1.82) is 10.8 Å². The fraction of sp³-hybridized carbons (Fsp3) is 0.321. The number of fused-ring (bicyclic) bond motifs is 3. The van der Waals surface area contributed by atoms with Gasteiger partial charge >= 0.3 is 0 Å². The van der Waals surface area contributed by atoms with Crippen LogP contribution in [-0.4, -0.2) is 46.6 Å². The summed E-state index contributed by atoms with van der Waals surface area (Å²) in [6.45, 7) is 10.1. The number of benzene rings is 3. The van der Waals surface area contributed by atoms with E-state index in [-0.39, 0.29) is 46.3 Å². The van der Waals surface area contributed by atoms with Crippen molar-refractivity contribution < 1.29 is 29.0 Å². The van der Waals surface area contributed by atoms with Crippen LogP contribution in [0.2, 0.25) is 0 Å². The average molecular weight is 843 g/mol. The highest BCUT2D eigenvalue weighted by Gasteiger charge is 2.48. The van der Waals surface area contributed by atoms with Crippen molar-refractivity contribution in [1.82, 2.24) is 10.6 Å². The molecule has 3 aromatic carbocycles. The van der Waals surface area contributed by atoms with Gasteiger partial charge < -0.3 is 20.5 Å². The number of hydrogen-bond donors (Lipinski definition) is 5. The van der Waals surface area contributed by atoms with E-state index in [2.05, 4.69) is 54.8 Å². The van der Waals surface area contributed by atoms with Crippen LogP contribution in [0.5, 0.6) is 0 Å². The Hall–Kier alpha value is -6.52. The minimum atomic E-state index is -0.431. The monoisotopic (exact) mass is 842 g/mol. The lowest BCUT2D eigenvalue weighted by Crippen LogP contribution is -2.34. The molecule has 2 atom stereocenters. The lowest BCUT2D eigenvalue weighted by Gasteiger charge is -2.36. The molecule has 0 aromatic heterocycles. The van der Waals surface area contributed by atoms with Crippen LogP contribution in [-0.2, 0) is 19.1 Å². The van der Waals surface area contributed by atoms with E-state index in [1.807, 2.05) is 56.3 Å². The molecule has 10 nitrogen and oxygen atoms in total. The van der Waals surface area contributed by atoms with Gasteiger partial charge in [0.25, 0.3) is 0 Å². The molecule has 5 N–H and O–H groups in total. The summed E-state index contributed by atoms with van der Waals surface area (Å²) in [5, 5.41) is 30.4. The Labute approximate surface area is 368 Å². The maximum atomic E-state index is 13.7. The Morgan fingerprint density at radius 1 is 0.730 bits per heavy atom. The predicted octanol–water partition coefficient (Wildman–Crippen LogP) is 9.52. The summed E-state index contributed by atoms with van der Waals surface area (Å²) < 4.78 is 5.11. The number of rotatable bonds is 4. The van der Waals surface area contributed by atoms with Gasteiger partial charge in [0, 0.05) is 94.2 Å². The van der Waals surface area contributed by atoms with Crippen molar-refractivity contribution in [3.8, 4) is 0 Å². The fourth-order valence-corrected chi connectivity index (χ4v) is 9.91. The van der Waals surface area contributed by atoms with Crippen molar-refractivity contribution in [3.63, 3.8) is 0 Å². The minimum absolute atomic E-state index is 0.00830. The number of nitrogens with one attached hydrogen (secondary N) is 4. The van der Waals surface area contributed by atoms with Crippen LogP contribution < -0.4 is 10.6 Å². The molecule has 322 valence electrons. The zero-order chi connectivity index (χ0) is 44.7. The normalized spacial score (nSPS) is 21.4. The third kappa shape index (κ3) is 7.82. The Bertz CT molecular complexity index is 2680. The van der Waals surface area contributed by atoms with E-state index in [1.54, 1.807) is 12.1 Å². The van der Waals surface area contributed by atoms with E-state index < -0.39 is 5.92 Å². The maximum absolute atomic E-state index is 13.7. The average Bonchev–Trinajstić information content (AvgIpc) is 3.72. The van der Waals surface area contributed by atoms with Crippen LogP contribution in [0.25, 0.3) is 5.70 Å². The Morgan fingerprint density at radius 2 is 1.25 bits per heavy atom. The van der Waals surface area contributed by atoms with E-state index in [0.717, 1.165) is 106 Å². The van der Waals surface area contributed by atoms with E-state index in [9.17, 15) is 19.2 Å². The first-order valence-electron chi connectivity index (χ1n) is 22.0. The van der Waals surface area contributed by atoms with Gasteiger partial charge in [-0.2, -0.15) is 0 Å². The first kappa shape index (κ1) is 43.1. The number of ether oxygens (including phenoxy) is 1. The Balaban J connectivity index is 0.000000163. The molecule has 7 aliphatic rings. The smallest absolute Gasteiger partial charge is 0.220 e. The van der Waals surface area contributed by atoms with Gasteiger partial charge in [0.2, 0.25) is 5.90 Å². The van der Waals surface area contributed by atoms with Gasteiger partial charge in [-0.05, 0) is 79.7 Å². The lowest BCUT2D eigenvalue weighted by atomic mass is 9.73. The van der Waals surface area contributed by atoms with Crippen molar-refractivity contribution in [2.24, 2.45) is 5.41 Å². The summed E-state index contributed by atoms with van der Waals surface area (Å²) in [6, 6.07) is 23.2. The third-order valence-corrected chi connectivity index (χ3v) is 12.8. The zero-order valence-corrected chi connectivity index (χ0v) is 36.6. The van der Waals surface area contributed by atoms with E-state index in [0.29, 0.717) is 36.2 Å². The van der Waals surface area contributed by atoms with Crippen molar-refractivity contribution in [2.75, 3.05) is 6.61 Å². The molecule has 0 saturated heterocycles. The quantitative estimate of drug-likeness (QED) is 0.128. The van der Waals surface area contributed by atoms with Crippen molar-refractivity contribution >= 4 is 40.6 Å². The second-order valence-corrected chi connectivity index (χ2v) is 17.8. The van der Waals surface area contributed by atoms with Gasteiger partial charge in [-0.25, -0.2) is 0 Å². The van der Waals surface area contributed by atoms with Crippen LogP contribution >= 0.6 is 0 Å². The number of ketones is 4. The number of dihydropyridines is 2. The molecular formula is C53H54N4O6. The first-order chi connectivity index (χ1) is 30.2. The highest BCUT2D eigenvalue weighted by molar-refractivity contribution is 6.23. The maximum Gasteiger partial charge on any atom is 0.220 e. The molecule has 63 heavy (non-hydrogen) atoms. The fourth-order valence-electron chi connectivity index (χ4n) is 9.91. The molecule has 0 bridgehead atoms. The summed E-state index contributed by atoms with van der Waals surface area (Å²) in [7, 11) is 0. The Kier molecular flexibility index (Phi) is 11.9. The molecule has 0 fully saturated rings. The van der Waals surface area contributed by atoms with Gasteiger partial charge in [-0.3, -0.25) is 30.0 Å². The molecule has 10 rings (SSSR count). The van der Waals surface area contributed by atoms with Gasteiger partial charge in [0.1, 0.15) is 0 Å². The zero-order valence-electron chi connectivity index (χ0n) is 36.6. The van der Waals surface area contributed by atoms with Crippen molar-refractivity contribution in [2.45, 2.75) is 97.8 Å². The van der Waals surface area contributed by atoms with Crippen LogP contribution in [0.15, 0.2) is 135 Å². The summed E-state index contributed by atoms with van der Waals surface area (Å²) in [5.74, 6) is -0.566. The number of carbonyl (C=O) groups is 4. The van der Waals surface area contributed by atoms with Gasteiger partial charge in [0.05, 0.1) is 11.4 Å². The molecule has 10 heteroatoms. The first-order valence-corrected chi connectivity index (χ1v) is 22.0. The van der Waals surface area contributed by atoms with Crippen LogP contribution in [0, 0.1) is 23.2 Å². The number of carbonyl (C=O) groups excluding carboxylic acids is 4. The molecule has 2 aliphatic heterocycles. The lowest BCUT2D eigenvalue weighted by molar-refractivity contribution is -0.117. The number of aliphatic hydroxyl groups is 1. The molecule has 0 amide bonds.